The minimum atomic E-state index is 0.0856. The number of nitrogen functional groups attached to an aromatic ring is 1. The molecule has 1 aliphatic heterocycles. The fraction of sp³-hybridized carbons (Fsp3) is 0.727. The number of rotatable bonds is 3. The monoisotopic (exact) mass is 224 g/mol. The van der Waals surface area contributed by atoms with E-state index in [4.69, 9.17) is 10.5 Å². The Bertz CT molecular complexity index is 342. The number of nitrogens with two attached hydrogens (primary N) is 1. The Balaban J connectivity index is 2.00. The maximum atomic E-state index is 5.66. The molecule has 0 spiro atoms. The molecule has 1 aromatic heterocycles. The van der Waals surface area contributed by atoms with Gasteiger partial charge in [0.15, 0.2) is 0 Å². The molecule has 16 heavy (non-hydrogen) atoms. The molecular formula is C11H20N4O. The lowest BCUT2D eigenvalue weighted by Crippen LogP contribution is -2.52. The molecule has 0 aromatic carbocycles. The number of hydrogen-bond donors (Lipinski definition) is 1. The van der Waals surface area contributed by atoms with Crippen LogP contribution in [0, 0.1) is 0 Å². The summed E-state index contributed by atoms with van der Waals surface area (Å²) in [6, 6.07) is 0. The van der Waals surface area contributed by atoms with Crippen LogP contribution in [0.25, 0.3) is 0 Å². The van der Waals surface area contributed by atoms with Gasteiger partial charge in [0.05, 0.1) is 31.6 Å². The zero-order valence-corrected chi connectivity index (χ0v) is 10.0. The van der Waals surface area contributed by atoms with E-state index >= 15 is 0 Å². The Labute approximate surface area is 96.2 Å². The highest BCUT2D eigenvalue weighted by atomic mass is 16.5. The van der Waals surface area contributed by atoms with Crippen LogP contribution in [0.5, 0.6) is 0 Å². The second kappa shape index (κ2) is 4.43. The molecule has 5 heteroatoms. The summed E-state index contributed by atoms with van der Waals surface area (Å²) in [5, 5.41) is 4.23. The van der Waals surface area contributed by atoms with Crippen molar-refractivity contribution in [1.82, 2.24) is 14.7 Å². The minimum absolute atomic E-state index is 0.0856. The highest BCUT2D eigenvalue weighted by Gasteiger charge is 2.28. The van der Waals surface area contributed by atoms with Gasteiger partial charge in [-0.3, -0.25) is 9.58 Å². The Morgan fingerprint density at radius 3 is 2.69 bits per heavy atom. The first kappa shape index (κ1) is 11.4. The first-order valence-corrected chi connectivity index (χ1v) is 5.69. The van der Waals surface area contributed by atoms with Crippen molar-refractivity contribution < 1.29 is 4.74 Å². The maximum absolute atomic E-state index is 5.66. The SMILES string of the molecule is CC(C)(Cn1cc(N)cn1)N1CCOCC1. The predicted octanol–water partition coefficient (Wildman–Crippen LogP) is 0.576. The largest absolute Gasteiger partial charge is 0.396 e. The molecule has 2 N–H and O–H groups in total. The molecule has 1 aliphatic rings. The Hall–Kier alpha value is -1.07. The van der Waals surface area contributed by atoms with Gasteiger partial charge in [0.1, 0.15) is 0 Å². The summed E-state index contributed by atoms with van der Waals surface area (Å²) in [6.07, 6.45) is 3.57. The quantitative estimate of drug-likeness (QED) is 0.816. The predicted molar refractivity (Wildman–Crippen MR) is 63.1 cm³/mol. The van der Waals surface area contributed by atoms with Crippen molar-refractivity contribution in [2.24, 2.45) is 0 Å². The smallest absolute Gasteiger partial charge is 0.0719 e. The molecule has 0 aliphatic carbocycles. The molecule has 0 unspecified atom stereocenters. The molecule has 0 atom stereocenters. The third kappa shape index (κ3) is 2.54. The summed E-state index contributed by atoms with van der Waals surface area (Å²) in [6.45, 7) is 8.94. The van der Waals surface area contributed by atoms with Crippen molar-refractivity contribution in [2.45, 2.75) is 25.9 Å². The van der Waals surface area contributed by atoms with Crippen LogP contribution >= 0.6 is 0 Å². The topological polar surface area (TPSA) is 56.3 Å². The van der Waals surface area contributed by atoms with Crippen LogP contribution in [-0.4, -0.2) is 46.5 Å². The summed E-state index contributed by atoms with van der Waals surface area (Å²) in [5.74, 6) is 0. The summed E-state index contributed by atoms with van der Waals surface area (Å²) in [4.78, 5) is 2.44. The molecular weight excluding hydrogens is 204 g/mol. The van der Waals surface area contributed by atoms with E-state index in [1.165, 1.54) is 0 Å². The van der Waals surface area contributed by atoms with Gasteiger partial charge >= 0.3 is 0 Å². The average Bonchev–Trinajstić information content (AvgIpc) is 2.64. The Morgan fingerprint density at radius 1 is 1.44 bits per heavy atom. The maximum Gasteiger partial charge on any atom is 0.0719 e. The van der Waals surface area contributed by atoms with Crippen LogP contribution in [0.2, 0.25) is 0 Å². The first-order valence-electron chi connectivity index (χ1n) is 5.69. The van der Waals surface area contributed by atoms with Crippen molar-refractivity contribution in [3.63, 3.8) is 0 Å². The number of aromatic nitrogens is 2. The number of morpholine rings is 1. The zero-order chi connectivity index (χ0) is 11.6. The molecule has 1 aromatic rings. The number of nitrogens with zero attached hydrogens (tertiary/aromatic N) is 3. The van der Waals surface area contributed by atoms with E-state index in [2.05, 4.69) is 23.8 Å². The molecule has 0 radical (unpaired) electrons. The van der Waals surface area contributed by atoms with E-state index < -0.39 is 0 Å². The summed E-state index contributed by atoms with van der Waals surface area (Å²) in [7, 11) is 0. The fourth-order valence-electron chi connectivity index (χ4n) is 2.13. The van der Waals surface area contributed by atoms with Crippen LogP contribution in [0.4, 0.5) is 5.69 Å². The highest BCUT2D eigenvalue weighted by Crippen LogP contribution is 2.18. The normalized spacial score (nSPS) is 18.9. The third-order valence-corrected chi connectivity index (χ3v) is 3.07. The van der Waals surface area contributed by atoms with Crippen LogP contribution < -0.4 is 5.73 Å². The molecule has 5 nitrogen and oxygen atoms in total. The lowest BCUT2D eigenvalue weighted by molar-refractivity contribution is -0.0167. The van der Waals surface area contributed by atoms with E-state index in [1.807, 2.05) is 10.9 Å². The first-order chi connectivity index (χ1) is 7.58. The van der Waals surface area contributed by atoms with Crippen molar-refractivity contribution in [1.29, 1.82) is 0 Å². The lowest BCUT2D eigenvalue weighted by atomic mass is 10.0. The van der Waals surface area contributed by atoms with Crippen molar-refractivity contribution in [3.8, 4) is 0 Å². The van der Waals surface area contributed by atoms with E-state index in [9.17, 15) is 0 Å². The third-order valence-electron chi connectivity index (χ3n) is 3.07. The van der Waals surface area contributed by atoms with E-state index in [0.29, 0.717) is 0 Å². The second-order valence-corrected chi connectivity index (χ2v) is 4.88. The average molecular weight is 224 g/mol. The van der Waals surface area contributed by atoms with Crippen LogP contribution in [0.1, 0.15) is 13.8 Å². The molecule has 2 rings (SSSR count). The van der Waals surface area contributed by atoms with Crippen LogP contribution in [0.15, 0.2) is 12.4 Å². The molecule has 2 heterocycles. The summed E-state index contributed by atoms with van der Waals surface area (Å²) >= 11 is 0. The van der Waals surface area contributed by atoms with Crippen LogP contribution in [-0.2, 0) is 11.3 Å². The number of anilines is 1. The minimum Gasteiger partial charge on any atom is -0.396 e. The van der Waals surface area contributed by atoms with Gasteiger partial charge in [-0.25, -0.2) is 0 Å². The molecule has 1 fully saturated rings. The van der Waals surface area contributed by atoms with Gasteiger partial charge in [-0.05, 0) is 13.8 Å². The number of hydrogen-bond acceptors (Lipinski definition) is 4. The fourth-order valence-corrected chi connectivity index (χ4v) is 2.13. The van der Waals surface area contributed by atoms with Gasteiger partial charge in [0.2, 0.25) is 0 Å². The van der Waals surface area contributed by atoms with Gasteiger partial charge < -0.3 is 10.5 Å². The standard InChI is InChI=1S/C11H20N4O/c1-11(2,14-3-5-16-6-4-14)9-15-8-10(12)7-13-15/h7-8H,3-6,9,12H2,1-2H3. The molecule has 0 bridgehead atoms. The molecule has 0 saturated carbocycles. The second-order valence-electron chi connectivity index (χ2n) is 4.88. The van der Waals surface area contributed by atoms with Gasteiger partial charge in [0, 0.05) is 24.8 Å². The van der Waals surface area contributed by atoms with Crippen molar-refractivity contribution in [3.05, 3.63) is 12.4 Å². The number of ether oxygens (including phenoxy) is 1. The van der Waals surface area contributed by atoms with E-state index in [-0.39, 0.29) is 5.54 Å². The van der Waals surface area contributed by atoms with Crippen molar-refractivity contribution in [2.75, 3.05) is 32.0 Å². The highest BCUT2D eigenvalue weighted by molar-refractivity contribution is 5.30. The lowest BCUT2D eigenvalue weighted by Gasteiger charge is -2.40. The van der Waals surface area contributed by atoms with E-state index in [0.717, 1.165) is 38.5 Å². The van der Waals surface area contributed by atoms with Crippen molar-refractivity contribution >= 4 is 5.69 Å². The summed E-state index contributed by atoms with van der Waals surface area (Å²) < 4.78 is 7.27. The van der Waals surface area contributed by atoms with Gasteiger partial charge in [-0.15, -0.1) is 0 Å². The molecule has 1 saturated heterocycles. The zero-order valence-electron chi connectivity index (χ0n) is 10.0. The molecule has 90 valence electrons. The Kier molecular flexibility index (Phi) is 3.16. The van der Waals surface area contributed by atoms with Gasteiger partial charge in [0.25, 0.3) is 0 Å². The van der Waals surface area contributed by atoms with Gasteiger partial charge in [-0.1, -0.05) is 0 Å². The Morgan fingerprint density at radius 2 is 2.12 bits per heavy atom. The van der Waals surface area contributed by atoms with Crippen LogP contribution in [0.3, 0.4) is 0 Å². The molecule has 0 amide bonds. The summed E-state index contributed by atoms with van der Waals surface area (Å²) in [5.41, 5.74) is 6.46. The van der Waals surface area contributed by atoms with E-state index in [1.54, 1.807) is 6.20 Å². The van der Waals surface area contributed by atoms with Gasteiger partial charge in [-0.2, -0.15) is 5.10 Å².